The Morgan fingerprint density at radius 2 is 1.65 bits per heavy atom. The maximum Gasteiger partial charge on any atom is 0.0478 e. The molecule has 0 aromatic carbocycles. The molecule has 1 unspecified atom stereocenters. The lowest BCUT2D eigenvalue weighted by Gasteiger charge is -2.10. The topological polar surface area (TPSA) is 33.3 Å². The molecule has 0 aromatic heterocycles. The van der Waals surface area contributed by atoms with Gasteiger partial charge in [0.15, 0.2) is 0 Å². The molecule has 1 atom stereocenters. The van der Waals surface area contributed by atoms with Crippen LogP contribution in [-0.4, -0.2) is 38.9 Å². The van der Waals surface area contributed by atoms with Crippen LogP contribution in [0.15, 0.2) is 0 Å². The van der Waals surface area contributed by atoms with Crippen LogP contribution in [0.3, 0.4) is 0 Å². The van der Waals surface area contributed by atoms with Crippen molar-refractivity contribution < 1.29 is 7.59 Å². The van der Waals surface area contributed by atoms with Crippen molar-refractivity contribution in [3.05, 3.63) is 0 Å². The summed E-state index contributed by atoms with van der Waals surface area (Å²) >= 11 is 0. The summed E-state index contributed by atoms with van der Waals surface area (Å²) < 4.78 is 5.52. The first kappa shape index (κ1) is 19.2. The molecule has 0 spiro atoms. The van der Waals surface area contributed by atoms with E-state index in [1.54, 1.807) is 0 Å². The first-order chi connectivity index (χ1) is 8.31. The van der Waals surface area contributed by atoms with Crippen molar-refractivity contribution in [2.45, 2.75) is 59.9 Å². The Balaban J connectivity index is -0.000000267. The smallest absolute Gasteiger partial charge is 0.0478 e. The highest BCUT2D eigenvalue weighted by Gasteiger charge is 1.95. The number of rotatable bonds is 11. The molecule has 0 amide bonds. The zero-order chi connectivity index (χ0) is 13.4. The summed E-state index contributed by atoms with van der Waals surface area (Å²) in [5.41, 5.74) is 0. The minimum atomic E-state index is 0. The Labute approximate surface area is 112 Å². The third kappa shape index (κ3) is 18.4. The highest BCUT2D eigenvalue weighted by Crippen LogP contribution is 1.89. The Bertz CT molecular complexity index is 130. The van der Waals surface area contributed by atoms with Gasteiger partial charge >= 0.3 is 0 Å². The van der Waals surface area contributed by atoms with E-state index in [9.17, 15) is 0 Å². The van der Waals surface area contributed by atoms with Crippen molar-refractivity contribution in [2.24, 2.45) is 0 Å². The highest BCUT2D eigenvalue weighted by molar-refractivity contribution is 4.56. The van der Waals surface area contributed by atoms with Crippen LogP contribution < -0.4 is 10.6 Å². The van der Waals surface area contributed by atoms with Gasteiger partial charge in [0.05, 0.1) is 0 Å². The first-order valence-electron chi connectivity index (χ1n) is 7.33. The van der Waals surface area contributed by atoms with E-state index in [4.69, 9.17) is 4.74 Å². The molecule has 2 N–H and O–H groups in total. The lowest BCUT2D eigenvalue weighted by Crippen LogP contribution is -2.26. The maximum absolute atomic E-state index is 5.52. The van der Waals surface area contributed by atoms with Crippen LogP contribution >= 0.6 is 0 Å². The van der Waals surface area contributed by atoms with Crippen molar-refractivity contribution in [3.63, 3.8) is 0 Å². The van der Waals surface area contributed by atoms with E-state index in [-0.39, 0.29) is 2.85 Å². The van der Waals surface area contributed by atoms with Gasteiger partial charge in [-0.2, -0.15) is 0 Å². The summed E-state index contributed by atoms with van der Waals surface area (Å²) in [5, 5.41) is 6.73. The van der Waals surface area contributed by atoms with Crippen LogP contribution in [0.2, 0.25) is 0 Å². The average molecular weight is 250 g/mol. The molecule has 3 nitrogen and oxygen atoms in total. The second-order valence-corrected chi connectivity index (χ2v) is 3.94. The molecule has 0 fully saturated rings. The Hall–Kier alpha value is -0.120. The molecule has 0 bridgehead atoms. The lowest BCUT2D eigenvalue weighted by atomic mass is 10.2. The molecular formula is C14H38N2O. The van der Waals surface area contributed by atoms with Gasteiger partial charge in [-0.3, -0.25) is 0 Å². The summed E-state index contributed by atoms with van der Waals surface area (Å²) in [4.78, 5) is 0. The van der Waals surface area contributed by atoms with Crippen molar-refractivity contribution in [3.8, 4) is 0 Å². The molecule has 0 rings (SSSR count). The van der Waals surface area contributed by atoms with Crippen LogP contribution in [0.1, 0.15) is 56.7 Å². The normalized spacial score (nSPS) is 11.8. The predicted octanol–water partition coefficient (Wildman–Crippen LogP) is 3.30. The van der Waals surface area contributed by atoms with Crippen molar-refractivity contribution in [1.29, 1.82) is 0 Å². The summed E-state index contributed by atoms with van der Waals surface area (Å²) in [7, 11) is 0. The molecule has 0 aromatic rings. The van der Waals surface area contributed by atoms with Gasteiger partial charge in [-0.25, -0.2) is 0 Å². The molecule has 0 saturated carbocycles. The molecule has 3 heteroatoms. The SMILES string of the molecule is CC.CCNCCCOCCCNC(C)CC.[HH].[HH]. The van der Waals surface area contributed by atoms with Crippen LogP contribution in [0.5, 0.6) is 0 Å². The number of nitrogens with one attached hydrogen (secondary N) is 2. The van der Waals surface area contributed by atoms with Crippen molar-refractivity contribution >= 4 is 0 Å². The zero-order valence-electron chi connectivity index (χ0n) is 12.6. The molecule has 0 saturated heterocycles. The van der Waals surface area contributed by atoms with E-state index in [0.717, 1.165) is 45.7 Å². The van der Waals surface area contributed by atoms with Crippen molar-refractivity contribution in [2.75, 3.05) is 32.8 Å². The Kier molecular flexibility index (Phi) is 20.6. The maximum atomic E-state index is 5.52. The summed E-state index contributed by atoms with van der Waals surface area (Å²) in [5.74, 6) is 0. The lowest BCUT2D eigenvalue weighted by molar-refractivity contribution is 0.128. The summed E-state index contributed by atoms with van der Waals surface area (Å²) in [6.45, 7) is 15.5. The van der Waals surface area contributed by atoms with E-state index in [1.807, 2.05) is 13.8 Å². The third-order valence-corrected chi connectivity index (χ3v) is 2.46. The van der Waals surface area contributed by atoms with Gasteiger partial charge in [0, 0.05) is 22.1 Å². The first-order valence-corrected chi connectivity index (χ1v) is 7.33. The second-order valence-electron chi connectivity index (χ2n) is 3.94. The van der Waals surface area contributed by atoms with Gasteiger partial charge in [0.1, 0.15) is 0 Å². The fourth-order valence-electron chi connectivity index (χ4n) is 1.25. The van der Waals surface area contributed by atoms with Crippen LogP contribution in [0.4, 0.5) is 0 Å². The second kappa shape index (κ2) is 18.3. The molecule has 0 aliphatic heterocycles. The van der Waals surface area contributed by atoms with Gasteiger partial charge in [-0.15, -0.1) is 0 Å². The standard InChI is InChI=1S/C12H28N2O.C2H6.2H2/c1-4-12(3)14-9-7-11-15-10-6-8-13-5-2;1-2;;/h12-14H,4-11H2,1-3H3;1-2H3;2*1H. The number of hydrogen-bond donors (Lipinski definition) is 2. The van der Waals surface area contributed by atoms with Crippen molar-refractivity contribution in [1.82, 2.24) is 10.6 Å². The minimum absolute atomic E-state index is 0. The largest absolute Gasteiger partial charge is 0.381 e. The van der Waals surface area contributed by atoms with E-state index in [1.165, 1.54) is 6.42 Å². The van der Waals surface area contributed by atoms with E-state index in [0.29, 0.717) is 6.04 Å². The van der Waals surface area contributed by atoms with Crippen LogP contribution in [0.25, 0.3) is 0 Å². The quantitative estimate of drug-likeness (QED) is 0.552. The van der Waals surface area contributed by atoms with Gasteiger partial charge in [0.25, 0.3) is 0 Å². The van der Waals surface area contributed by atoms with Crippen LogP contribution in [0, 0.1) is 0 Å². The third-order valence-electron chi connectivity index (χ3n) is 2.46. The van der Waals surface area contributed by atoms with Gasteiger partial charge in [-0.1, -0.05) is 27.7 Å². The molecular weight excluding hydrogens is 212 g/mol. The van der Waals surface area contributed by atoms with Crippen LogP contribution in [-0.2, 0) is 4.74 Å². The molecule has 0 heterocycles. The summed E-state index contributed by atoms with van der Waals surface area (Å²) in [6.07, 6.45) is 3.43. The summed E-state index contributed by atoms with van der Waals surface area (Å²) in [6, 6.07) is 0.638. The minimum Gasteiger partial charge on any atom is -0.381 e. The fraction of sp³-hybridized carbons (Fsp3) is 1.00. The number of hydrogen-bond acceptors (Lipinski definition) is 3. The van der Waals surface area contributed by atoms with E-state index >= 15 is 0 Å². The van der Waals surface area contributed by atoms with Gasteiger partial charge < -0.3 is 15.4 Å². The Morgan fingerprint density at radius 3 is 2.18 bits per heavy atom. The zero-order valence-corrected chi connectivity index (χ0v) is 12.6. The highest BCUT2D eigenvalue weighted by atomic mass is 16.5. The molecule has 0 aliphatic carbocycles. The monoisotopic (exact) mass is 250 g/mol. The molecule has 17 heavy (non-hydrogen) atoms. The number of ether oxygens (including phenoxy) is 1. The fourth-order valence-corrected chi connectivity index (χ4v) is 1.25. The molecule has 0 radical (unpaired) electrons. The van der Waals surface area contributed by atoms with E-state index in [2.05, 4.69) is 31.4 Å². The Morgan fingerprint density at radius 1 is 1.06 bits per heavy atom. The molecule has 110 valence electrons. The van der Waals surface area contributed by atoms with Gasteiger partial charge in [-0.05, 0) is 45.8 Å². The van der Waals surface area contributed by atoms with E-state index < -0.39 is 0 Å². The average Bonchev–Trinajstić information content (AvgIpc) is 2.39. The van der Waals surface area contributed by atoms with Gasteiger partial charge in [0.2, 0.25) is 0 Å². The molecule has 0 aliphatic rings. The predicted molar refractivity (Wildman–Crippen MR) is 81.9 cm³/mol.